The van der Waals surface area contributed by atoms with Crippen molar-refractivity contribution < 1.29 is 14.5 Å². The molecule has 0 bridgehead atoms. The Hall–Kier alpha value is -1.53. The summed E-state index contributed by atoms with van der Waals surface area (Å²) in [6, 6.07) is 8.52. The molecule has 0 spiro atoms. The van der Waals surface area contributed by atoms with Gasteiger partial charge in [0.1, 0.15) is 0 Å². The summed E-state index contributed by atoms with van der Waals surface area (Å²) in [5.41, 5.74) is 1.45. The largest absolute Gasteiger partial charge is 0.351 e. The molecule has 1 saturated heterocycles. The fourth-order valence-electron chi connectivity index (χ4n) is 3.09. The number of quaternary nitrogens is 1. The van der Waals surface area contributed by atoms with Gasteiger partial charge in [-0.25, -0.2) is 0 Å². The summed E-state index contributed by atoms with van der Waals surface area (Å²) in [6.07, 6.45) is 0.958. The number of amides is 2. The van der Waals surface area contributed by atoms with Crippen LogP contribution in [0.5, 0.6) is 0 Å². The summed E-state index contributed by atoms with van der Waals surface area (Å²) in [5, 5.41) is 2.92. The lowest BCUT2D eigenvalue weighted by atomic mass is 9.87. The average Bonchev–Trinajstić information content (AvgIpc) is 2.64. The van der Waals surface area contributed by atoms with Crippen LogP contribution >= 0.6 is 11.8 Å². The van der Waals surface area contributed by atoms with Crippen LogP contribution in [0.4, 0.5) is 0 Å². The van der Waals surface area contributed by atoms with Crippen LogP contribution in [0.25, 0.3) is 0 Å². The Morgan fingerprint density at radius 3 is 2.33 bits per heavy atom. The molecule has 6 heteroatoms. The molecule has 1 fully saturated rings. The molecule has 2 amide bonds. The maximum Gasteiger partial charge on any atom is 0.275 e. The van der Waals surface area contributed by atoms with Crippen molar-refractivity contribution in [2.45, 2.75) is 44.4 Å². The number of rotatable bonds is 7. The van der Waals surface area contributed by atoms with Crippen molar-refractivity contribution in [3.05, 3.63) is 29.8 Å². The zero-order valence-electron chi connectivity index (χ0n) is 17.1. The van der Waals surface area contributed by atoms with Gasteiger partial charge in [0, 0.05) is 11.4 Å². The van der Waals surface area contributed by atoms with Crippen LogP contribution in [-0.4, -0.2) is 61.7 Å². The van der Waals surface area contributed by atoms with Crippen molar-refractivity contribution in [2.75, 3.05) is 45.0 Å². The molecule has 5 nitrogen and oxygen atoms in total. The second kappa shape index (κ2) is 10.1. The highest BCUT2D eigenvalue weighted by Crippen LogP contribution is 2.25. The predicted octanol–water partition coefficient (Wildman–Crippen LogP) is 1.33. The van der Waals surface area contributed by atoms with Gasteiger partial charge >= 0.3 is 0 Å². The van der Waals surface area contributed by atoms with Crippen LogP contribution in [0.15, 0.2) is 29.2 Å². The van der Waals surface area contributed by atoms with E-state index in [0.29, 0.717) is 12.3 Å². The number of nitrogens with zero attached hydrogens (tertiary/aromatic N) is 1. The van der Waals surface area contributed by atoms with E-state index in [9.17, 15) is 9.59 Å². The Morgan fingerprint density at radius 2 is 1.78 bits per heavy atom. The Labute approximate surface area is 167 Å². The van der Waals surface area contributed by atoms with Gasteiger partial charge in [-0.05, 0) is 29.5 Å². The van der Waals surface area contributed by atoms with Crippen LogP contribution in [0, 0.1) is 0 Å². The number of hydrogen-bond donors (Lipinski definition) is 2. The quantitative estimate of drug-likeness (QED) is 0.689. The maximum absolute atomic E-state index is 12.5. The minimum absolute atomic E-state index is 0.112. The molecule has 27 heavy (non-hydrogen) atoms. The van der Waals surface area contributed by atoms with E-state index in [4.69, 9.17) is 0 Å². The Morgan fingerprint density at radius 1 is 1.15 bits per heavy atom. The molecule has 2 rings (SSSR count). The third-order valence-corrected chi connectivity index (χ3v) is 5.89. The van der Waals surface area contributed by atoms with Gasteiger partial charge in [-0.1, -0.05) is 39.8 Å². The first-order valence-electron chi connectivity index (χ1n) is 9.91. The predicted molar refractivity (Wildman–Crippen MR) is 111 cm³/mol. The van der Waals surface area contributed by atoms with Crippen molar-refractivity contribution >= 4 is 23.6 Å². The number of hydrogen-bond acceptors (Lipinski definition) is 3. The molecule has 150 valence electrons. The summed E-state index contributed by atoms with van der Waals surface area (Å²) in [6.45, 7) is 13.1. The third-order valence-electron chi connectivity index (χ3n) is 4.89. The lowest BCUT2D eigenvalue weighted by Crippen LogP contribution is -3.15. The van der Waals surface area contributed by atoms with E-state index in [-0.39, 0.29) is 17.2 Å². The molecule has 2 N–H and O–H groups in total. The summed E-state index contributed by atoms with van der Waals surface area (Å²) >= 11 is 1.60. The molecule has 0 aliphatic carbocycles. The van der Waals surface area contributed by atoms with Crippen molar-refractivity contribution in [3.8, 4) is 0 Å². The molecule has 1 aromatic rings. The molecule has 0 saturated carbocycles. The number of carbonyl (C=O) groups is 2. The lowest BCUT2D eigenvalue weighted by molar-refractivity contribution is -0.896. The van der Waals surface area contributed by atoms with E-state index in [1.165, 1.54) is 10.5 Å². The van der Waals surface area contributed by atoms with Gasteiger partial charge in [-0.15, -0.1) is 11.8 Å². The molecule has 0 unspecified atom stereocenters. The number of nitrogens with one attached hydrogen (secondary N) is 2. The molecule has 0 atom stereocenters. The first kappa shape index (κ1) is 21.8. The van der Waals surface area contributed by atoms with Gasteiger partial charge in [0.05, 0.1) is 31.9 Å². The van der Waals surface area contributed by atoms with Crippen LogP contribution in [0.1, 0.15) is 39.7 Å². The van der Waals surface area contributed by atoms with E-state index in [0.717, 1.165) is 44.0 Å². The molecule has 0 radical (unpaired) electrons. The molecule has 1 aliphatic rings. The molecular formula is C21H34N3O2S+. The molecule has 0 aromatic heterocycles. The van der Waals surface area contributed by atoms with Crippen molar-refractivity contribution in [1.29, 1.82) is 0 Å². The zero-order valence-corrected chi connectivity index (χ0v) is 18.0. The topological polar surface area (TPSA) is 53.9 Å². The Kier molecular flexibility index (Phi) is 8.17. The van der Waals surface area contributed by atoms with Gasteiger partial charge in [0.15, 0.2) is 6.54 Å². The molecule has 1 aromatic carbocycles. The minimum Gasteiger partial charge on any atom is -0.351 e. The van der Waals surface area contributed by atoms with Crippen molar-refractivity contribution in [3.63, 3.8) is 0 Å². The van der Waals surface area contributed by atoms with Crippen LogP contribution < -0.4 is 10.2 Å². The molecule has 1 aliphatic heterocycles. The van der Waals surface area contributed by atoms with E-state index < -0.39 is 0 Å². The van der Waals surface area contributed by atoms with Crippen LogP contribution in [-0.2, 0) is 15.0 Å². The number of piperazine rings is 1. The Balaban J connectivity index is 1.72. The summed E-state index contributed by atoms with van der Waals surface area (Å²) in [5.74, 6) is 0.775. The SMILES string of the molecule is CCCNC(=O)C[NH+]1CCN(C(=O)CSc2ccc(C(C)(C)C)cc2)CC1. The van der Waals surface area contributed by atoms with Crippen LogP contribution in [0.3, 0.4) is 0 Å². The number of thioether (sulfide) groups is 1. The lowest BCUT2D eigenvalue weighted by Gasteiger charge is -2.31. The maximum atomic E-state index is 12.5. The minimum atomic E-state index is 0.112. The highest BCUT2D eigenvalue weighted by Gasteiger charge is 2.25. The zero-order chi connectivity index (χ0) is 19.9. The van der Waals surface area contributed by atoms with Gasteiger partial charge in [0.25, 0.3) is 5.91 Å². The third kappa shape index (κ3) is 7.18. The number of benzene rings is 1. The van der Waals surface area contributed by atoms with E-state index >= 15 is 0 Å². The fourth-order valence-corrected chi connectivity index (χ4v) is 3.89. The molecular weight excluding hydrogens is 358 g/mol. The van der Waals surface area contributed by atoms with Gasteiger partial charge in [0.2, 0.25) is 5.91 Å². The second-order valence-corrected chi connectivity index (χ2v) is 9.27. The second-order valence-electron chi connectivity index (χ2n) is 8.22. The fraction of sp³-hybridized carbons (Fsp3) is 0.619. The van der Waals surface area contributed by atoms with Crippen molar-refractivity contribution in [2.24, 2.45) is 0 Å². The van der Waals surface area contributed by atoms with E-state index in [2.05, 4.69) is 57.3 Å². The summed E-state index contributed by atoms with van der Waals surface area (Å²) < 4.78 is 0. The van der Waals surface area contributed by atoms with Gasteiger partial charge in [-0.2, -0.15) is 0 Å². The number of carbonyl (C=O) groups excluding carboxylic acids is 2. The Bertz CT molecular complexity index is 617. The summed E-state index contributed by atoms with van der Waals surface area (Å²) in [7, 11) is 0. The van der Waals surface area contributed by atoms with Crippen molar-refractivity contribution in [1.82, 2.24) is 10.2 Å². The van der Waals surface area contributed by atoms with Gasteiger partial charge < -0.3 is 15.1 Å². The van der Waals surface area contributed by atoms with Gasteiger partial charge in [-0.3, -0.25) is 9.59 Å². The standard InChI is InChI=1S/C21H33N3O2S/c1-5-10-22-19(25)15-23-11-13-24(14-12-23)20(26)16-27-18-8-6-17(7-9-18)21(2,3)4/h6-9H,5,10-16H2,1-4H3,(H,22,25)/p+1. The smallest absolute Gasteiger partial charge is 0.275 e. The molecule has 1 heterocycles. The average molecular weight is 393 g/mol. The highest BCUT2D eigenvalue weighted by molar-refractivity contribution is 8.00. The van der Waals surface area contributed by atoms with Crippen LogP contribution in [0.2, 0.25) is 0 Å². The normalized spacial score (nSPS) is 15.6. The van der Waals surface area contributed by atoms with E-state index in [1.54, 1.807) is 11.8 Å². The monoisotopic (exact) mass is 392 g/mol. The van der Waals surface area contributed by atoms with E-state index in [1.807, 2.05) is 4.90 Å². The summed E-state index contributed by atoms with van der Waals surface area (Å²) in [4.78, 5) is 28.6. The first-order valence-corrected chi connectivity index (χ1v) is 10.9. The highest BCUT2D eigenvalue weighted by atomic mass is 32.2. The first-order chi connectivity index (χ1) is 12.8.